The van der Waals surface area contributed by atoms with Crippen LogP contribution in [0.5, 0.6) is 0 Å². The minimum atomic E-state index is -0.930. The van der Waals surface area contributed by atoms with Crippen molar-refractivity contribution in [3.63, 3.8) is 0 Å². The van der Waals surface area contributed by atoms with Crippen molar-refractivity contribution in [1.29, 1.82) is 0 Å². The Labute approximate surface area is 129 Å². The molecular formula is C16H20ClNO3. The number of carboxylic acid groups (broad SMARTS) is 1. The molecule has 1 aromatic carbocycles. The summed E-state index contributed by atoms with van der Waals surface area (Å²) >= 11 is 5.99. The highest BCUT2D eigenvalue weighted by Crippen LogP contribution is 2.27. The van der Waals surface area contributed by atoms with E-state index < -0.39 is 12.0 Å². The number of hydrogen-bond acceptors (Lipinski definition) is 2. The number of benzene rings is 1. The van der Waals surface area contributed by atoms with Crippen molar-refractivity contribution in [1.82, 2.24) is 4.90 Å². The van der Waals surface area contributed by atoms with Crippen molar-refractivity contribution < 1.29 is 14.7 Å². The molecule has 0 bridgehead atoms. The summed E-state index contributed by atoms with van der Waals surface area (Å²) in [4.78, 5) is 25.6. The monoisotopic (exact) mass is 309 g/mol. The summed E-state index contributed by atoms with van der Waals surface area (Å²) in [6.45, 7) is 4.40. The van der Waals surface area contributed by atoms with Crippen molar-refractivity contribution >= 4 is 23.5 Å². The fourth-order valence-corrected chi connectivity index (χ4v) is 3.20. The lowest BCUT2D eigenvalue weighted by atomic mass is 9.88. The van der Waals surface area contributed by atoms with E-state index in [1.165, 1.54) is 4.90 Å². The average molecular weight is 310 g/mol. The largest absolute Gasteiger partial charge is 0.480 e. The third-order valence-corrected chi connectivity index (χ3v) is 4.34. The van der Waals surface area contributed by atoms with Crippen molar-refractivity contribution in [2.24, 2.45) is 5.92 Å². The lowest BCUT2D eigenvalue weighted by Gasteiger charge is -2.37. The van der Waals surface area contributed by atoms with E-state index >= 15 is 0 Å². The first kappa shape index (κ1) is 15.8. The first-order valence-corrected chi connectivity index (χ1v) is 7.61. The van der Waals surface area contributed by atoms with Gasteiger partial charge in [-0.05, 0) is 49.4 Å². The molecule has 1 fully saturated rings. The SMILES string of the molecule is CCC1CCN(C(=O)c2cc(C)cc(Cl)c2)C(C(=O)O)C1. The molecule has 1 heterocycles. The highest BCUT2D eigenvalue weighted by atomic mass is 35.5. The van der Waals surface area contributed by atoms with Gasteiger partial charge < -0.3 is 10.0 Å². The number of piperidine rings is 1. The van der Waals surface area contributed by atoms with Gasteiger partial charge in [-0.1, -0.05) is 24.9 Å². The minimum Gasteiger partial charge on any atom is -0.480 e. The van der Waals surface area contributed by atoms with E-state index in [0.717, 1.165) is 18.4 Å². The van der Waals surface area contributed by atoms with E-state index in [1.807, 2.05) is 6.92 Å². The van der Waals surface area contributed by atoms with Crippen LogP contribution in [0.2, 0.25) is 5.02 Å². The van der Waals surface area contributed by atoms with Gasteiger partial charge >= 0.3 is 5.97 Å². The Hall–Kier alpha value is -1.55. The fraction of sp³-hybridized carbons (Fsp3) is 0.500. The van der Waals surface area contributed by atoms with Gasteiger partial charge in [-0.15, -0.1) is 0 Å². The van der Waals surface area contributed by atoms with Gasteiger partial charge in [0.2, 0.25) is 0 Å². The van der Waals surface area contributed by atoms with Crippen LogP contribution in [-0.4, -0.2) is 34.5 Å². The van der Waals surface area contributed by atoms with Gasteiger partial charge in [0, 0.05) is 17.1 Å². The zero-order valence-electron chi connectivity index (χ0n) is 12.3. The average Bonchev–Trinajstić information content (AvgIpc) is 2.44. The van der Waals surface area contributed by atoms with E-state index in [9.17, 15) is 14.7 Å². The van der Waals surface area contributed by atoms with Crippen molar-refractivity contribution in [3.8, 4) is 0 Å². The van der Waals surface area contributed by atoms with E-state index in [1.54, 1.807) is 18.2 Å². The van der Waals surface area contributed by atoms with E-state index in [0.29, 0.717) is 29.5 Å². The molecule has 0 aliphatic carbocycles. The number of carbonyl (C=O) groups excluding carboxylic acids is 1. The summed E-state index contributed by atoms with van der Waals surface area (Å²) in [7, 11) is 0. The Morgan fingerprint density at radius 1 is 1.38 bits per heavy atom. The molecule has 5 heteroatoms. The third kappa shape index (κ3) is 3.56. The second kappa shape index (κ2) is 6.48. The summed E-state index contributed by atoms with van der Waals surface area (Å²) in [5.41, 5.74) is 1.35. The summed E-state index contributed by atoms with van der Waals surface area (Å²) in [6, 6.07) is 4.38. The quantitative estimate of drug-likeness (QED) is 0.931. The summed E-state index contributed by atoms with van der Waals surface area (Å²) < 4.78 is 0. The molecule has 2 atom stereocenters. The van der Waals surface area contributed by atoms with Crippen LogP contribution in [0.3, 0.4) is 0 Å². The van der Waals surface area contributed by atoms with Crippen molar-refractivity contribution in [3.05, 3.63) is 34.3 Å². The van der Waals surface area contributed by atoms with Crippen LogP contribution >= 0.6 is 11.6 Å². The first-order chi connectivity index (χ1) is 9.92. The second-order valence-corrected chi connectivity index (χ2v) is 6.10. The molecule has 1 saturated heterocycles. The number of aliphatic carboxylic acids is 1. The number of amides is 1. The number of aryl methyl sites for hydroxylation is 1. The zero-order valence-corrected chi connectivity index (χ0v) is 13.1. The molecule has 1 aliphatic rings. The molecule has 0 radical (unpaired) electrons. The third-order valence-electron chi connectivity index (χ3n) is 4.12. The molecule has 114 valence electrons. The number of carboxylic acids is 1. The Balaban J connectivity index is 2.26. The van der Waals surface area contributed by atoms with Crippen molar-refractivity contribution in [2.45, 2.75) is 39.2 Å². The predicted octanol–water partition coefficient (Wildman–Crippen LogP) is 3.36. The Morgan fingerprint density at radius 3 is 2.67 bits per heavy atom. The Kier molecular flexibility index (Phi) is 4.88. The molecule has 1 amide bonds. The van der Waals surface area contributed by atoms with Gasteiger partial charge in [-0.2, -0.15) is 0 Å². The zero-order chi connectivity index (χ0) is 15.6. The Morgan fingerprint density at radius 2 is 2.10 bits per heavy atom. The molecule has 21 heavy (non-hydrogen) atoms. The summed E-state index contributed by atoms with van der Waals surface area (Å²) in [5, 5.41) is 9.90. The molecule has 2 unspecified atom stereocenters. The fourth-order valence-electron chi connectivity index (χ4n) is 2.91. The maximum absolute atomic E-state index is 12.6. The van der Waals surface area contributed by atoms with Crippen LogP contribution in [0.25, 0.3) is 0 Å². The highest BCUT2D eigenvalue weighted by molar-refractivity contribution is 6.31. The molecule has 1 aromatic rings. The standard InChI is InChI=1S/C16H20ClNO3/c1-3-11-4-5-18(14(8-11)16(20)21)15(19)12-6-10(2)7-13(17)9-12/h6-7,9,11,14H,3-5,8H2,1-2H3,(H,20,21). The molecular weight excluding hydrogens is 290 g/mol. The molecule has 4 nitrogen and oxygen atoms in total. The lowest BCUT2D eigenvalue weighted by Crippen LogP contribution is -2.50. The maximum atomic E-state index is 12.6. The van der Waals surface area contributed by atoms with Gasteiger partial charge in [0.05, 0.1) is 0 Å². The normalized spacial score (nSPS) is 22.1. The summed E-state index contributed by atoms with van der Waals surface area (Å²) in [6.07, 6.45) is 2.32. The van der Waals surface area contributed by atoms with Gasteiger partial charge in [-0.25, -0.2) is 4.79 Å². The molecule has 1 aliphatic heterocycles. The van der Waals surface area contributed by atoms with E-state index in [2.05, 4.69) is 6.92 Å². The van der Waals surface area contributed by atoms with Crippen LogP contribution in [0.1, 0.15) is 42.1 Å². The van der Waals surface area contributed by atoms with Crippen LogP contribution in [0, 0.1) is 12.8 Å². The van der Waals surface area contributed by atoms with Gasteiger partial charge in [0.15, 0.2) is 0 Å². The van der Waals surface area contributed by atoms with Gasteiger partial charge in [-0.3, -0.25) is 4.79 Å². The lowest BCUT2D eigenvalue weighted by molar-refractivity contribution is -0.144. The van der Waals surface area contributed by atoms with Gasteiger partial charge in [0.1, 0.15) is 6.04 Å². The predicted molar refractivity (Wildman–Crippen MR) is 81.7 cm³/mol. The molecule has 1 N–H and O–H groups in total. The number of hydrogen-bond donors (Lipinski definition) is 1. The number of carbonyl (C=O) groups is 2. The second-order valence-electron chi connectivity index (χ2n) is 5.67. The van der Waals surface area contributed by atoms with Crippen LogP contribution < -0.4 is 0 Å². The topological polar surface area (TPSA) is 57.6 Å². The highest BCUT2D eigenvalue weighted by Gasteiger charge is 2.36. The van der Waals surface area contributed by atoms with Crippen LogP contribution in [0.4, 0.5) is 0 Å². The minimum absolute atomic E-state index is 0.248. The molecule has 2 rings (SSSR count). The van der Waals surface area contributed by atoms with E-state index in [4.69, 9.17) is 11.6 Å². The van der Waals surface area contributed by atoms with E-state index in [-0.39, 0.29) is 5.91 Å². The van der Waals surface area contributed by atoms with Gasteiger partial charge in [0.25, 0.3) is 5.91 Å². The van der Waals surface area contributed by atoms with Crippen molar-refractivity contribution in [2.75, 3.05) is 6.54 Å². The number of likely N-dealkylation sites (tertiary alicyclic amines) is 1. The smallest absolute Gasteiger partial charge is 0.326 e. The molecule has 0 spiro atoms. The summed E-state index contributed by atoms with van der Waals surface area (Å²) in [5.74, 6) is -0.806. The van der Waals surface area contributed by atoms with Crippen LogP contribution in [-0.2, 0) is 4.79 Å². The Bertz CT molecular complexity index is 538. The number of rotatable bonds is 3. The molecule has 0 saturated carbocycles. The maximum Gasteiger partial charge on any atom is 0.326 e. The number of nitrogens with zero attached hydrogens (tertiary/aromatic N) is 1. The van der Waals surface area contributed by atoms with Crippen LogP contribution in [0.15, 0.2) is 18.2 Å². The first-order valence-electron chi connectivity index (χ1n) is 7.23. The number of halogens is 1. The molecule has 0 aromatic heterocycles.